The first-order valence-electron chi connectivity index (χ1n) is 8.27. The lowest BCUT2D eigenvalue weighted by Crippen LogP contribution is -2.16. The molecule has 2 aromatic carbocycles. The highest BCUT2D eigenvalue weighted by molar-refractivity contribution is 7.67. The van der Waals surface area contributed by atoms with Gasteiger partial charge in [-0.15, -0.1) is 0 Å². The Morgan fingerprint density at radius 2 is 1.36 bits per heavy atom. The molecule has 5 nitrogen and oxygen atoms in total. The quantitative estimate of drug-likeness (QED) is 0.765. The number of hydrogen-bond acceptors (Lipinski definition) is 5. The molecule has 0 heterocycles. The van der Waals surface area contributed by atoms with Crippen LogP contribution in [-0.2, 0) is 9.09 Å². The van der Waals surface area contributed by atoms with Crippen LogP contribution in [0.2, 0.25) is 0 Å². The van der Waals surface area contributed by atoms with Gasteiger partial charge in [-0.3, -0.25) is 4.57 Å². The summed E-state index contributed by atoms with van der Waals surface area (Å²) in [5.74, 6) is -1.20. The molecule has 0 radical (unpaired) electrons. The average Bonchev–Trinajstić information content (AvgIpc) is 2.61. The van der Waals surface area contributed by atoms with Gasteiger partial charge in [0.1, 0.15) is 0 Å². The molecule has 25 heavy (non-hydrogen) atoms. The van der Waals surface area contributed by atoms with Gasteiger partial charge in [-0.2, -0.15) is 0 Å². The van der Waals surface area contributed by atoms with Gasteiger partial charge in [0.15, 0.2) is 5.85 Å². The van der Waals surface area contributed by atoms with Crippen molar-refractivity contribution in [1.29, 1.82) is 0 Å². The van der Waals surface area contributed by atoms with E-state index in [1.165, 1.54) is 0 Å². The fourth-order valence-electron chi connectivity index (χ4n) is 2.58. The first-order chi connectivity index (χ1) is 11.8. The molecule has 0 saturated heterocycles. The summed E-state index contributed by atoms with van der Waals surface area (Å²) >= 11 is 0. The molecule has 0 fully saturated rings. The second kappa shape index (κ2) is 8.05. The van der Waals surface area contributed by atoms with Crippen LogP contribution < -0.4 is 15.1 Å². The molecule has 0 aliphatic rings. The Bertz CT molecular complexity index is 727. The third-order valence-corrected chi connectivity index (χ3v) is 6.68. The fraction of sp³-hybridized carbons (Fsp3) is 0.368. The van der Waals surface area contributed by atoms with Crippen LogP contribution in [0, 0.1) is 0 Å². The van der Waals surface area contributed by atoms with Gasteiger partial charge in [-0.25, -0.2) is 0 Å². The van der Waals surface area contributed by atoms with Gasteiger partial charge in [0, 0.05) is 44.9 Å². The van der Waals surface area contributed by atoms with Crippen LogP contribution in [0.5, 0.6) is 0 Å². The number of hydrogen-bond donors (Lipinski definition) is 1. The van der Waals surface area contributed by atoms with Crippen molar-refractivity contribution in [3.8, 4) is 0 Å². The molecule has 2 unspecified atom stereocenters. The highest BCUT2D eigenvalue weighted by Crippen LogP contribution is 2.57. The fourth-order valence-corrected chi connectivity index (χ4v) is 4.66. The van der Waals surface area contributed by atoms with Gasteiger partial charge in [0.25, 0.3) is 7.37 Å². The van der Waals surface area contributed by atoms with Crippen molar-refractivity contribution in [2.24, 2.45) is 0 Å². The summed E-state index contributed by atoms with van der Waals surface area (Å²) in [5.41, 5.74) is 2.59. The predicted octanol–water partition coefficient (Wildman–Crippen LogP) is 3.45. The van der Waals surface area contributed by atoms with Crippen LogP contribution >= 0.6 is 7.37 Å². The smallest absolute Gasteiger partial charge is 0.264 e. The summed E-state index contributed by atoms with van der Waals surface area (Å²) in [6.45, 7) is 2.04. The van der Waals surface area contributed by atoms with Gasteiger partial charge in [0.2, 0.25) is 0 Å². The standard InChI is InChI=1S/C19H27N2O3P/c1-6-24-25(23,18-13-11-17(12-14-18)21(4)5)19(22)15-7-9-16(10-8-15)20(2)3/h7-14,19,22H,6H2,1-5H3. The number of aliphatic hydroxyl groups is 1. The van der Waals surface area contributed by atoms with Gasteiger partial charge in [-0.1, -0.05) is 12.1 Å². The average molecular weight is 362 g/mol. The van der Waals surface area contributed by atoms with Gasteiger partial charge in [0.05, 0.1) is 6.61 Å². The maximum atomic E-state index is 13.5. The largest absolute Gasteiger partial charge is 0.378 e. The molecule has 0 aliphatic carbocycles. The zero-order chi connectivity index (χ0) is 18.6. The summed E-state index contributed by atoms with van der Waals surface area (Å²) in [7, 11) is 4.33. The molecule has 0 spiro atoms. The minimum absolute atomic E-state index is 0.263. The lowest BCUT2D eigenvalue weighted by molar-refractivity contribution is 0.218. The molecule has 0 aliphatic heterocycles. The van der Waals surface area contributed by atoms with Crippen molar-refractivity contribution in [1.82, 2.24) is 0 Å². The van der Waals surface area contributed by atoms with Crippen molar-refractivity contribution in [3.05, 3.63) is 54.1 Å². The highest BCUT2D eigenvalue weighted by Gasteiger charge is 2.36. The van der Waals surface area contributed by atoms with E-state index in [0.717, 1.165) is 11.4 Å². The Balaban J connectivity index is 2.38. The van der Waals surface area contributed by atoms with E-state index >= 15 is 0 Å². The molecule has 136 valence electrons. The van der Waals surface area contributed by atoms with E-state index in [4.69, 9.17) is 4.52 Å². The van der Waals surface area contributed by atoms with Gasteiger partial charge >= 0.3 is 0 Å². The molecule has 6 heteroatoms. The van der Waals surface area contributed by atoms with Crippen molar-refractivity contribution in [3.63, 3.8) is 0 Å². The molecule has 0 aromatic heterocycles. The summed E-state index contributed by atoms with van der Waals surface area (Å²) in [5, 5.41) is 11.3. The number of nitrogens with zero attached hydrogens (tertiary/aromatic N) is 2. The monoisotopic (exact) mass is 362 g/mol. The minimum Gasteiger partial charge on any atom is -0.378 e. The lowest BCUT2D eigenvalue weighted by Gasteiger charge is -2.25. The highest BCUT2D eigenvalue weighted by atomic mass is 31.2. The first-order valence-corrected chi connectivity index (χ1v) is 9.96. The normalized spacial score (nSPS) is 14.6. The maximum absolute atomic E-state index is 13.5. The van der Waals surface area contributed by atoms with Crippen LogP contribution in [0.25, 0.3) is 0 Å². The Morgan fingerprint density at radius 3 is 1.76 bits per heavy atom. The molecular weight excluding hydrogens is 335 g/mol. The number of benzene rings is 2. The van der Waals surface area contributed by atoms with E-state index in [1.54, 1.807) is 31.2 Å². The van der Waals surface area contributed by atoms with Gasteiger partial charge in [-0.05, 0) is 48.9 Å². The van der Waals surface area contributed by atoms with E-state index in [2.05, 4.69) is 0 Å². The Labute approximate surface area is 150 Å². The summed E-state index contributed by atoms with van der Waals surface area (Å²) in [4.78, 5) is 3.93. The second-order valence-electron chi connectivity index (χ2n) is 6.29. The van der Waals surface area contributed by atoms with Crippen molar-refractivity contribution in [2.45, 2.75) is 12.8 Å². The maximum Gasteiger partial charge on any atom is 0.264 e. The molecule has 0 bridgehead atoms. The van der Waals surface area contributed by atoms with Crippen LogP contribution in [0.1, 0.15) is 18.3 Å². The molecule has 2 atom stereocenters. The Morgan fingerprint density at radius 1 is 0.920 bits per heavy atom. The molecule has 0 amide bonds. The van der Waals surface area contributed by atoms with Gasteiger partial charge < -0.3 is 19.4 Å². The molecule has 2 rings (SSSR count). The zero-order valence-electron chi connectivity index (χ0n) is 15.5. The summed E-state index contributed by atoms with van der Waals surface area (Å²) in [6.07, 6.45) is 0. The van der Waals surface area contributed by atoms with Crippen LogP contribution in [0.3, 0.4) is 0 Å². The first kappa shape index (κ1) is 19.5. The van der Waals surface area contributed by atoms with Crippen LogP contribution in [0.4, 0.5) is 11.4 Å². The lowest BCUT2D eigenvalue weighted by atomic mass is 10.2. The van der Waals surface area contributed by atoms with Crippen LogP contribution in [-0.4, -0.2) is 39.9 Å². The predicted molar refractivity (Wildman–Crippen MR) is 105 cm³/mol. The van der Waals surface area contributed by atoms with E-state index in [-0.39, 0.29) is 6.61 Å². The molecule has 0 saturated carbocycles. The minimum atomic E-state index is -3.45. The van der Waals surface area contributed by atoms with Crippen molar-refractivity contribution >= 4 is 24.0 Å². The molecular formula is C19H27N2O3P. The van der Waals surface area contributed by atoms with Crippen LogP contribution in [0.15, 0.2) is 48.5 Å². The Hall–Kier alpha value is -1.81. The SMILES string of the molecule is CCOP(=O)(c1ccc(N(C)C)cc1)C(O)c1ccc(N(C)C)cc1. The molecule has 1 N–H and O–H groups in total. The third-order valence-electron chi connectivity index (χ3n) is 4.08. The van der Waals surface area contributed by atoms with Crippen molar-refractivity contribution < 1.29 is 14.2 Å². The number of anilines is 2. The van der Waals surface area contributed by atoms with E-state index < -0.39 is 13.2 Å². The number of aliphatic hydroxyl groups excluding tert-OH is 1. The van der Waals surface area contributed by atoms with E-state index in [1.807, 2.05) is 62.3 Å². The third kappa shape index (κ3) is 4.24. The topological polar surface area (TPSA) is 53.0 Å². The zero-order valence-corrected chi connectivity index (χ0v) is 16.4. The molecule has 2 aromatic rings. The summed E-state index contributed by atoms with van der Waals surface area (Å²) < 4.78 is 19.1. The summed E-state index contributed by atoms with van der Waals surface area (Å²) in [6, 6.07) is 14.7. The van der Waals surface area contributed by atoms with Crippen molar-refractivity contribution in [2.75, 3.05) is 44.6 Å². The van der Waals surface area contributed by atoms with E-state index in [0.29, 0.717) is 10.9 Å². The van der Waals surface area contributed by atoms with E-state index in [9.17, 15) is 9.67 Å². The number of rotatable bonds is 7. The Kier molecular flexibility index (Phi) is 6.28. The second-order valence-corrected chi connectivity index (χ2v) is 8.74.